The lowest BCUT2D eigenvalue weighted by Gasteiger charge is -2.32. The maximum Gasteiger partial charge on any atom is 0.233 e. The zero-order valence-corrected chi connectivity index (χ0v) is 16.7. The number of aryl methyl sites for hydroxylation is 1. The molecule has 2 N–H and O–H groups in total. The van der Waals surface area contributed by atoms with Crippen molar-refractivity contribution in [1.29, 1.82) is 0 Å². The van der Waals surface area contributed by atoms with E-state index >= 15 is 0 Å². The molecule has 146 valence electrons. The SMILES string of the molecule is Cc1cc2nnc(SCC(=O)N3CCC(Cc4ccccc4)CC3)n2c(N)n1. The number of piperidine rings is 1. The fourth-order valence-corrected chi connectivity index (χ4v) is 4.53. The Morgan fingerprint density at radius 1 is 1.21 bits per heavy atom. The molecule has 0 radical (unpaired) electrons. The zero-order valence-electron chi connectivity index (χ0n) is 15.9. The minimum atomic E-state index is 0.138. The van der Waals surface area contributed by atoms with Crippen LogP contribution in [0.5, 0.6) is 0 Å². The van der Waals surface area contributed by atoms with Crippen LogP contribution in [0.1, 0.15) is 24.1 Å². The van der Waals surface area contributed by atoms with E-state index in [1.165, 1.54) is 17.3 Å². The molecular formula is C20H24N6OS. The van der Waals surface area contributed by atoms with Crippen LogP contribution in [0.25, 0.3) is 5.65 Å². The highest BCUT2D eigenvalue weighted by Crippen LogP contribution is 2.24. The topological polar surface area (TPSA) is 89.4 Å². The van der Waals surface area contributed by atoms with Crippen LogP contribution in [-0.2, 0) is 11.2 Å². The summed E-state index contributed by atoms with van der Waals surface area (Å²) < 4.78 is 1.69. The van der Waals surface area contributed by atoms with E-state index < -0.39 is 0 Å². The molecule has 8 heteroatoms. The number of thioether (sulfide) groups is 1. The monoisotopic (exact) mass is 396 g/mol. The van der Waals surface area contributed by atoms with Gasteiger partial charge in [0.25, 0.3) is 0 Å². The molecule has 0 atom stereocenters. The van der Waals surface area contributed by atoms with Crippen molar-refractivity contribution in [3.8, 4) is 0 Å². The molecule has 0 aliphatic carbocycles. The predicted octanol–water partition coefficient (Wildman–Crippen LogP) is 2.59. The van der Waals surface area contributed by atoms with Crippen LogP contribution in [-0.4, -0.2) is 49.2 Å². The lowest BCUT2D eigenvalue weighted by Crippen LogP contribution is -2.39. The maximum absolute atomic E-state index is 12.6. The van der Waals surface area contributed by atoms with Crippen molar-refractivity contribution in [2.75, 3.05) is 24.6 Å². The summed E-state index contributed by atoms with van der Waals surface area (Å²) in [4.78, 5) is 18.8. The number of nitrogens with zero attached hydrogens (tertiary/aromatic N) is 5. The standard InChI is InChI=1S/C20H24N6OS/c1-14-11-17-23-24-20(26(17)19(21)22-14)28-13-18(27)25-9-7-16(8-10-25)12-15-5-3-2-4-6-15/h2-6,11,16H,7-10,12-13H2,1H3,(H2,21,22). The average Bonchev–Trinajstić information content (AvgIpc) is 3.10. The fourth-order valence-electron chi connectivity index (χ4n) is 3.68. The van der Waals surface area contributed by atoms with Crippen LogP contribution in [0.15, 0.2) is 41.6 Å². The van der Waals surface area contributed by atoms with E-state index in [9.17, 15) is 4.79 Å². The second-order valence-corrected chi connectivity index (χ2v) is 8.18. The van der Waals surface area contributed by atoms with E-state index in [1.807, 2.05) is 24.0 Å². The summed E-state index contributed by atoms with van der Waals surface area (Å²) in [5.41, 5.74) is 8.82. The van der Waals surface area contributed by atoms with Gasteiger partial charge in [0.15, 0.2) is 10.8 Å². The molecule has 4 rings (SSSR count). The Morgan fingerprint density at radius 2 is 1.96 bits per heavy atom. The Labute approximate surface area is 168 Å². The highest BCUT2D eigenvalue weighted by atomic mass is 32.2. The summed E-state index contributed by atoms with van der Waals surface area (Å²) in [5, 5.41) is 8.89. The molecule has 28 heavy (non-hydrogen) atoms. The van der Waals surface area contributed by atoms with Crippen molar-refractivity contribution < 1.29 is 4.79 Å². The molecule has 1 fully saturated rings. The number of fused-ring (bicyclic) bond motifs is 1. The van der Waals surface area contributed by atoms with E-state index in [-0.39, 0.29) is 5.91 Å². The first-order chi connectivity index (χ1) is 13.6. The smallest absolute Gasteiger partial charge is 0.233 e. The number of likely N-dealkylation sites (tertiary alicyclic amines) is 1. The first-order valence-electron chi connectivity index (χ1n) is 9.53. The number of carbonyl (C=O) groups excluding carboxylic acids is 1. The second-order valence-electron chi connectivity index (χ2n) is 7.23. The number of anilines is 1. The number of nitrogens with two attached hydrogens (primary N) is 1. The fraction of sp³-hybridized carbons (Fsp3) is 0.400. The Hall–Kier alpha value is -2.61. The number of benzene rings is 1. The van der Waals surface area contributed by atoms with Crippen molar-refractivity contribution in [2.24, 2.45) is 5.92 Å². The van der Waals surface area contributed by atoms with Gasteiger partial charge in [0.05, 0.1) is 5.75 Å². The Bertz CT molecular complexity index is 965. The van der Waals surface area contributed by atoms with Gasteiger partial charge in [-0.3, -0.25) is 4.79 Å². The Morgan fingerprint density at radius 3 is 2.71 bits per heavy atom. The zero-order chi connectivity index (χ0) is 19.5. The van der Waals surface area contributed by atoms with Gasteiger partial charge in [0.2, 0.25) is 11.9 Å². The molecule has 1 saturated heterocycles. The van der Waals surface area contributed by atoms with E-state index in [4.69, 9.17) is 5.73 Å². The van der Waals surface area contributed by atoms with Crippen molar-refractivity contribution in [2.45, 2.75) is 31.3 Å². The molecule has 3 aromatic rings. The minimum Gasteiger partial charge on any atom is -0.369 e. The third kappa shape index (κ3) is 4.11. The molecule has 2 aromatic heterocycles. The summed E-state index contributed by atoms with van der Waals surface area (Å²) in [5.74, 6) is 1.46. The first-order valence-corrected chi connectivity index (χ1v) is 10.5. The quantitative estimate of drug-likeness (QED) is 0.667. The van der Waals surface area contributed by atoms with Crippen LogP contribution in [0.2, 0.25) is 0 Å². The molecule has 3 heterocycles. The van der Waals surface area contributed by atoms with E-state index in [0.717, 1.165) is 38.0 Å². The van der Waals surface area contributed by atoms with Gasteiger partial charge in [-0.2, -0.15) is 0 Å². The van der Waals surface area contributed by atoms with Gasteiger partial charge in [-0.15, -0.1) is 10.2 Å². The lowest BCUT2D eigenvalue weighted by molar-refractivity contribution is -0.129. The van der Waals surface area contributed by atoms with Crippen molar-refractivity contribution in [1.82, 2.24) is 24.5 Å². The van der Waals surface area contributed by atoms with E-state index in [2.05, 4.69) is 39.4 Å². The summed E-state index contributed by atoms with van der Waals surface area (Å²) >= 11 is 1.36. The van der Waals surface area contributed by atoms with Gasteiger partial charge in [-0.1, -0.05) is 42.1 Å². The van der Waals surface area contributed by atoms with Gasteiger partial charge in [0.1, 0.15) is 0 Å². The van der Waals surface area contributed by atoms with Crippen LogP contribution in [0.4, 0.5) is 5.95 Å². The number of amides is 1. The molecule has 1 aromatic carbocycles. The maximum atomic E-state index is 12.6. The van der Waals surface area contributed by atoms with E-state index in [0.29, 0.717) is 28.4 Å². The molecule has 0 saturated carbocycles. The third-order valence-corrected chi connectivity index (χ3v) is 6.09. The van der Waals surface area contributed by atoms with Crippen LogP contribution < -0.4 is 5.73 Å². The molecule has 0 spiro atoms. The van der Waals surface area contributed by atoms with Gasteiger partial charge in [-0.05, 0) is 37.7 Å². The predicted molar refractivity (Wildman–Crippen MR) is 110 cm³/mol. The lowest BCUT2D eigenvalue weighted by atomic mass is 9.90. The molecule has 1 amide bonds. The van der Waals surface area contributed by atoms with Gasteiger partial charge < -0.3 is 10.6 Å². The highest BCUT2D eigenvalue weighted by molar-refractivity contribution is 7.99. The number of hydrogen-bond acceptors (Lipinski definition) is 6. The number of carbonyl (C=O) groups is 1. The van der Waals surface area contributed by atoms with Gasteiger partial charge in [-0.25, -0.2) is 9.38 Å². The van der Waals surface area contributed by atoms with Crippen molar-refractivity contribution in [3.05, 3.63) is 47.7 Å². The molecule has 7 nitrogen and oxygen atoms in total. The largest absolute Gasteiger partial charge is 0.369 e. The molecule has 0 unspecified atom stereocenters. The molecular weight excluding hydrogens is 372 g/mol. The van der Waals surface area contributed by atoms with Gasteiger partial charge >= 0.3 is 0 Å². The molecule has 0 bridgehead atoms. The van der Waals surface area contributed by atoms with Crippen LogP contribution >= 0.6 is 11.8 Å². The summed E-state index contributed by atoms with van der Waals surface area (Å²) in [6, 6.07) is 12.4. The third-order valence-electron chi connectivity index (χ3n) is 5.18. The summed E-state index contributed by atoms with van der Waals surface area (Å²) in [6.45, 7) is 3.50. The normalized spacial score (nSPS) is 15.2. The van der Waals surface area contributed by atoms with Crippen LogP contribution in [0.3, 0.4) is 0 Å². The molecule has 1 aliphatic heterocycles. The van der Waals surface area contributed by atoms with E-state index in [1.54, 1.807) is 4.40 Å². The Balaban J connectivity index is 1.31. The van der Waals surface area contributed by atoms with Crippen molar-refractivity contribution in [3.63, 3.8) is 0 Å². The molecule has 1 aliphatic rings. The van der Waals surface area contributed by atoms with Crippen molar-refractivity contribution >= 4 is 29.3 Å². The second kappa shape index (κ2) is 8.18. The number of aromatic nitrogens is 4. The number of hydrogen-bond donors (Lipinski definition) is 1. The van der Waals surface area contributed by atoms with Gasteiger partial charge in [0, 0.05) is 24.8 Å². The average molecular weight is 397 g/mol. The van der Waals surface area contributed by atoms with Crippen LogP contribution in [0, 0.1) is 12.8 Å². The highest BCUT2D eigenvalue weighted by Gasteiger charge is 2.23. The number of nitrogen functional groups attached to an aromatic ring is 1. The summed E-state index contributed by atoms with van der Waals surface area (Å²) in [6.07, 6.45) is 3.19. The minimum absolute atomic E-state index is 0.138. The number of rotatable bonds is 5. The first kappa shape index (κ1) is 18.7. The summed E-state index contributed by atoms with van der Waals surface area (Å²) in [7, 11) is 0. The Kier molecular flexibility index (Phi) is 5.47.